The van der Waals surface area contributed by atoms with Gasteiger partial charge in [0.15, 0.2) is 0 Å². The Labute approximate surface area is 139 Å². The number of carbonyl (C=O) groups is 1. The topological polar surface area (TPSA) is 74.9 Å². The summed E-state index contributed by atoms with van der Waals surface area (Å²) in [5.74, 6) is 0.558. The first kappa shape index (κ1) is 16.1. The molecule has 24 heavy (non-hydrogen) atoms. The number of aliphatic hydroxyl groups excluding tert-OH is 1. The van der Waals surface area contributed by atoms with Crippen LogP contribution in [0.1, 0.15) is 6.92 Å². The Morgan fingerprint density at radius 3 is 2.75 bits per heavy atom. The van der Waals surface area contributed by atoms with Crippen molar-refractivity contribution in [3.63, 3.8) is 0 Å². The summed E-state index contributed by atoms with van der Waals surface area (Å²) in [6, 6.07) is 11.1. The van der Waals surface area contributed by atoms with Gasteiger partial charge < -0.3 is 24.5 Å². The van der Waals surface area contributed by atoms with Gasteiger partial charge in [-0.3, -0.25) is 0 Å². The lowest BCUT2D eigenvalue weighted by Crippen LogP contribution is -2.36. The Kier molecular flexibility index (Phi) is 4.57. The predicted molar refractivity (Wildman–Crippen MR) is 93.6 cm³/mol. The van der Waals surface area contributed by atoms with Crippen LogP contribution in [0.3, 0.4) is 0 Å². The van der Waals surface area contributed by atoms with Gasteiger partial charge in [0.25, 0.3) is 0 Å². The number of para-hydroxylation sites is 1. The number of hydrogen-bond acceptors (Lipinski definition) is 4. The molecule has 0 bridgehead atoms. The van der Waals surface area contributed by atoms with Crippen LogP contribution < -0.4 is 10.1 Å². The van der Waals surface area contributed by atoms with E-state index in [0.717, 1.165) is 16.4 Å². The fraction of sp³-hybridized carbons (Fsp3) is 0.278. The van der Waals surface area contributed by atoms with E-state index in [0.29, 0.717) is 23.6 Å². The zero-order chi connectivity index (χ0) is 17.1. The molecule has 0 unspecified atom stereocenters. The van der Waals surface area contributed by atoms with E-state index in [9.17, 15) is 4.79 Å². The Balaban J connectivity index is 2.01. The van der Waals surface area contributed by atoms with Crippen LogP contribution >= 0.6 is 0 Å². The van der Waals surface area contributed by atoms with Gasteiger partial charge in [-0.2, -0.15) is 0 Å². The highest BCUT2D eigenvalue weighted by atomic mass is 16.5. The lowest BCUT2D eigenvalue weighted by Gasteiger charge is -2.21. The molecule has 6 nitrogen and oxygen atoms in total. The Bertz CT molecular complexity index is 872. The highest BCUT2D eigenvalue weighted by Gasteiger charge is 2.16. The summed E-state index contributed by atoms with van der Waals surface area (Å²) in [5.41, 5.74) is 2.00. The summed E-state index contributed by atoms with van der Waals surface area (Å²) >= 11 is 0. The number of benzene rings is 2. The number of urea groups is 1. The van der Waals surface area contributed by atoms with E-state index in [4.69, 9.17) is 14.3 Å². The Morgan fingerprint density at radius 2 is 2.04 bits per heavy atom. The summed E-state index contributed by atoms with van der Waals surface area (Å²) in [4.78, 5) is 13.8. The molecule has 126 valence electrons. The highest BCUT2D eigenvalue weighted by Crippen LogP contribution is 2.36. The number of likely N-dealkylation sites (N-methyl/N-ethyl adjacent to an activating group) is 1. The number of nitrogens with one attached hydrogen (secondary N) is 1. The standard InChI is InChI=1S/C18H20N2O4/c1-3-20(8-9-21)18(22)19-14-11-16-13(10-17(14)23-2)12-6-4-5-7-15(12)24-16/h4-7,10-11,21H,3,8-9H2,1-2H3,(H,19,22). The van der Waals surface area contributed by atoms with Gasteiger partial charge in [0.2, 0.25) is 0 Å². The zero-order valence-corrected chi connectivity index (χ0v) is 13.7. The third kappa shape index (κ3) is 2.88. The van der Waals surface area contributed by atoms with Crippen molar-refractivity contribution in [2.24, 2.45) is 0 Å². The van der Waals surface area contributed by atoms with E-state index in [1.807, 2.05) is 37.3 Å². The molecular formula is C18H20N2O4. The number of methoxy groups -OCH3 is 1. The van der Waals surface area contributed by atoms with Crippen molar-refractivity contribution in [3.05, 3.63) is 36.4 Å². The minimum absolute atomic E-state index is 0.0823. The number of amides is 2. The van der Waals surface area contributed by atoms with Crippen molar-refractivity contribution in [3.8, 4) is 5.75 Å². The van der Waals surface area contributed by atoms with Crippen LogP contribution in [0.15, 0.2) is 40.8 Å². The van der Waals surface area contributed by atoms with Gasteiger partial charge in [-0.25, -0.2) is 4.79 Å². The van der Waals surface area contributed by atoms with Gasteiger partial charge in [-0.1, -0.05) is 18.2 Å². The van der Waals surface area contributed by atoms with Gasteiger partial charge in [-0.15, -0.1) is 0 Å². The molecule has 0 aliphatic heterocycles. The number of hydrogen-bond donors (Lipinski definition) is 2. The molecule has 6 heteroatoms. The zero-order valence-electron chi connectivity index (χ0n) is 13.7. The molecule has 0 spiro atoms. The highest BCUT2D eigenvalue weighted by molar-refractivity contribution is 6.07. The molecule has 0 aliphatic carbocycles. The number of carbonyl (C=O) groups excluding carboxylic acids is 1. The lowest BCUT2D eigenvalue weighted by molar-refractivity contribution is 0.192. The van der Waals surface area contributed by atoms with E-state index < -0.39 is 0 Å². The summed E-state index contributed by atoms with van der Waals surface area (Å²) in [7, 11) is 1.56. The van der Waals surface area contributed by atoms with Crippen molar-refractivity contribution < 1.29 is 19.1 Å². The van der Waals surface area contributed by atoms with Gasteiger partial charge in [0.05, 0.1) is 19.4 Å². The molecule has 0 radical (unpaired) electrons. The molecule has 0 saturated heterocycles. The third-order valence-corrected chi connectivity index (χ3v) is 3.98. The van der Waals surface area contributed by atoms with Crippen LogP contribution in [0.4, 0.5) is 10.5 Å². The van der Waals surface area contributed by atoms with E-state index in [-0.39, 0.29) is 19.2 Å². The summed E-state index contributed by atoms with van der Waals surface area (Å²) in [5, 5.41) is 13.8. The number of nitrogens with zero attached hydrogens (tertiary/aromatic N) is 1. The second-order valence-corrected chi connectivity index (χ2v) is 5.38. The predicted octanol–water partition coefficient (Wildman–Crippen LogP) is 3.44. The van der Waals surface area contributed by atoms with E-state index >= 15 is 0 Å². The largest absolute Gasteiger partial charge is 0.495 e. The van der Waals surface area contributed by atoms with Crippen LogP contribution in [-0.2, 0) is 0 Å². The van der Waals surface area contributed by atoms with Gasteiger partial charge in [-0.05, 0) is 19.1 Å². The fourth-order valence-electron chi connectivity index (χ4n) is 2.74. The monoisotopic (exact) mass is 328 g/mol. The van der Waals surface area contributed by atoms with Crippen molar-refractivity contribution >= 4 is 33.7 Å². The molecule has 2 aromatic carbocycles. The second kappa shape index (κ2) is 6.80. The van der Waals surface area contributed by atoms with Crippen molar-refractivity contribution in [2.75, 3.05) is 32.1 Å². The van der Waals surface area contributed by atoms with Crippen LogP contribution in [0.5, 0.6) is 5.75 Å². The van der Waals surface area contributed by atoms with Crippen LogP contribution in [0.25, 0.3) is 21.9 Å². The number of ether oxygens (including phenoxy) is 1. The summed E-state index contributed by atoms with van der Waals surface area (Å²) < 4.78 is 11.3. The van der Waals surface area contributed by atoms with Crippen LogP contribution in [0.2, 0.25) is 0 Å². The van der Waals surface area contributed by atoms with Crippen molar-refractivity contribution in [1.82, 2.24) is 4.90 Å². The molecule has 1 aromatic heterocycles. The molecule has 0 aliphatic rings. The van der Waals surface area contributed by atoms with E-state index in [1.165, 1.54) is 4.90 Å². The first-order chi connectivity index (χ1) is 11.7. The van der Waals surface area contributed by atoms with Crippen LogP contribution in [-0.4, -0.2) is 42.8 Å². The van der Waals surface area contributed by atoms with Crippen LogP contribution in [0, 0.1) is 0 Å². The fourth-order valence-corrected chi connectivity index (χ4v) is 2.74. The number of aliphatic hydroxyl groups is 1. The normalized spacial score (nSPS) is 11.0. The number of furan rings is 1. The minimum Gasteiger partial charge on any atom is -0.495 e. The molecule has 0 fully saturated rings. The molecule has 0 atom stereocenters. The lowest BCUT2D eigenvalue weighted by atomic mass is 10.1. The Hall–Kier alpha value is -2.73. The molecule has 3 rings (SSSR count). The van der Waals surface area contributed by atoms with Gasteiger partial charge in [0.1, 0.15) is 16.9 Å². The van der Waals surface area contributed by atoms with Gasteiger partial charge >= 0.3 is 6.03 Å². The quantitative estimate of drug-likeness (QED) is 0.752. The maximum atomic E-state index is 12.3. The van der Waals surface area contributed by atoms with E-state index in [2.05, 4.69) is 5.32 Å². The maximum Gasteiger partial charge on any atom is 0.322 e. The van der Waals surface area contributed by atoms with Crippen molar-refractivity contribution in [1.29, 1.82) is 0 Å². The number of fused-ring (bicyclic) bond motifs is 3. The second-order valence-electron chi connectivity index (χ2n) is 5.38. The van der Waals surface area contributed by atoms with Crippen molar-refractivity contribution in [2.45, 2.75) is 6.92 Å². The smallest absolute Gasteiger partial charge is 0.322 e. The Morgan fingerprint density at radius 1 is 1.25 bits per heavy atom. The molecule has 3 aromatic rings. The third-order valence-electron chi connectivity index (χ3n) is 3.98. The van der Waals surface area contributed by atoms with Gasteiger partial charge in [0, 0.05) is 29.9 Å². The molecule has 0 saturated carbocycles. The average Bonchev–Trinajstić information content (AvgIpc) is 2.96. The first-order valence-electron chi connectivity index (χ1n) is 7.84. The van der Waals surface area contributed by atoms with E-state index in [1.54, 1.807) is 13.2 Å². The molecular weight excluding hydrogens is 308 g/mol. The molecule has 2 N–H and O–H groups in total. The maximum absolute atomic E-state index is 12.3. The summed E-state index contributed by atoms with van der Waals surface area (Å²) in [6.07, 6.45) is 0. The minimum atomic E-state index is -0.291. The summed E-state index contributed by atoms with van der Waals surface area (Å²) in [6.45, 7) is 2.55. The average molecular weight is 328 g/mol. The first-order valence-corrected chi connectivity index (χ1v) is 7.84. The molecule has 1 heterocycles. The molecule has 2 amide bonds. The number of rotatable bonds is 5. The number of anilines is 1. The SMILES string of the molecule is CCN(CCO)C(=O)Nc1cc2oc3ccccc3c2cc1OC.